The molecule has 3 rings (SSSR count). The summed E-state index contributed by atoms with van der Waals surface area (Å²) in [4.78, 5) is 14.2. The first-order valence-corrected chi connectivity index (χ1v) is 9.34. The Morgan fingerprint density at radius 1 is 1.25 bits per heavy atom. The fourth-order valence-electron chi connectivity index (χ4n) is 3.80. The molecule has 1 aromatic heterocycles. The van der Waals surface area contributed by atoms with Gasteiger partial charge in [0.2, 0.25) is 5.91 Å². The normalized spacial score (nSPS) is 16.9. The topological polar surface area (TPSA) is 69.2 Å². The molecule has 28 heavy (non-hydrogen) atoms. The van der Waals surface area contributed by atoms with Crippen molar-refractivity contribution in [3.05, 3.63) is 53.3 Å². The predicted octanol–water partition coefficient (Wildman–Crippen LogP) is 3.20. The zero-order chi connectivity index (χ0) is 20.2. The molecule has 0 unspecified atom stereocenters. The number of aliphatic hydroxyl groups excluding tert-OH is 1. The fraction of sp³-hybridized carbons (Fsp3) is 0.500. The number of rotatable bonds is 6. The van der Waals surface area contributed by atoms with Crippen molar-refractivity contribution >= 4 is 5.91 Å². The predicted molar refractivity (Wildman–Crippen MR) is 97.4 cm³/mol. The van der Waals surface area contributed by atoms with Gasteiger partial charge >= 0.3 is 6.18 Å². The third kappa shape index (κ3) is 4.73. The highest BCUT2D eigenvalue weighted by atomic mass is 19.4. The lowest BCUT2D eigenvalue weighted by Gasteiger charge is -2.41. The Labute approximate surface area is 161 Å². The van der Waals surface area contributed by atoms with Gasteiger partial charge in [0.25, 0.3) is 0 Å². The molecule has 2 aromatic rings. The van der Waals surface area contributed by atoms with Crippen LogP contribution in [-0.2, 0) is 23.8 Å². The fourth-order valence-corrected chi connectivity index (χ4v) is 3.80. The number of hydrogen-bond donors (Lipinski definition) is 2. The number of nitrogens with zero attached hydrogens (tertiary/aromatic N) is 2. The molecule has 1 fully saturated rings. The van der Waals surface area contributed by atoms with Gasteiger partial charge in [-0.15, -0.1) is 0 Å². The molecular weight excluding hydrogens is 371 g/mol. The molecule has 8 heteroatoms. The zero-order valence-corrected chi connectivity index (χ0v) is 15.5. The quantitative estimate of drug-likeness (QED) is 0.789. The molecule has 152 valence electrons. The summed E-state index contributed by atoms with van der Waals surface area (Å²) in [6.07, 6.45) is 1.07. The average molecular weight is 395 g/mol. The first-order chi connectivity index (χ1) is 13.3. The van der Waals surface area contributed by atoms with Gasteiger partial charge in [-0.05, 0) is 42.9 Å². The van der Waals surface area contributed by atoms with Crippen molar-refractivity contribution in [3.63, 3.8) is 0 Å². The molecule has 1 saturated heterocycles. The summed E-state index contributed by atoms with van der Waals surface area (Å²) in [5.74, 6) is 0.0171. The number of carbonyl (C=O) groups excluding carboxylic acids is 1. The van der Waals surface area contributed by atoms with Gasteiger partial charge in [-0.1, -0.05) is 18.2 Å². The molecule has 2 N–H and O–H groups in total. The van der Waals surface area contributed by atoms with Gasteiger partial charge in [0.15, 0.2) is 0 Å². The second-order valence-corrected chi connectivity index (χ2v) is 7.48. The number of likely N-dealkylation sites (tertiary alicyclic amines) is 1. The molecule has 0 aliphatic carbocycles. The number of H-pyrrole nitrogens is 1. The Morgan fingerprint density at radius 3 is 2.57 bits per heavy atom. The van der Waals surface area contributed by atoms with Crippen molar-refractivity contribution in [2.45, 2.75) is 38.3 Å². The van der Waals surface area contributed by atoms with Gasteiger partial charge in [-0.25, -0.2) is 0 Å². The van der Waals surface area contributed by atoms with E-state index in [0.29, 0.717) is 38.8 Å². The van der Waals surface area contributed by atoms with Crippen LogP contribution >= 0.6 is 0 Å². The van der Waals surface area contributed by atoms with Crippen LogP contribution in [0.3, 0.4) is 0 Å². The first-order valence-electron chi connectivity index (χ1n) is 9.34. The Balaban J connectivity index is 1.62. The van der Waals surface area contributed by atoms with E-state index in [1.807, 2.05) is 0 Å². The summed E-state index contributed by atoms with van der Waals surface area (Å²) < 4.78 is 39.8. The van der Waals surface area contributed by atoms with Crippen LogP contribution in [0.4, 0.5) is 13.2 Å². The van der Waals surface area contributed by atoms with Gasteiger partial charge in [0.1, 0.15) is 0 Å². The minimum atomic E-state index is -4.42. The van der Waals surface area contributed by atoms with E-state index in [-0.39, 0.29) is 24.5 Å². The number of aromatic nitrogens is 2. The number of aryl methyl sites for hydroxylation is 1. The number of aliphatic hydroxyl groups is 1. The maximum Gasteiger partial charge on any atom is 0.416 e. The van der Waals surface area contributed by atoms with E-state index in [9.17, 15) is 23.1 Å². The maximum atomic E-state index is 13.3. The smallest absolute Gasteiger partial charge is 0.396 e. The second kappa shape index (κ2) is 8.34. The Morgan fingerprint density at radius 2 is 1.96 bits per heavy atom. The Kier molecular flexibility index (Phi) is 6.07. The molecule has 1 aliphatic rings. The van der Waals surface area contributed by atoms with Crippen LogP contribution in [0.1, 0.15) is 36.0 Å². The van der Waals surface area contributed by atoms with Crippen LogP contribution in [0.5, 0.6) is 0 Å². The van der Waals surface area contributed by atoms with E-state index in [4.69, 9.17) is 0 Å². The number of aromatic amines is 1. The van der Waals surface area contributed by atoms with Crippen LogP contribution in [0.2, 0.25) is 0 Å². The highest BCUT2D eigenvalue weighted by Gasteiger charge is 2.39. The lowest BCUT2D eigenvalue weighted by Crippen LogP contribution is -2.45. The van der Waals surface area contributed by atoms with E-state index >= 15 is 0 Å². The number of alkyl halides is 3. The molecule has 1 aromatic carbocycles. The third-order valence-electron chi connectivity index (χ3n) is 5.58. The number of carbonyl (C=O) groups is 1. The number of piperidine rings is 1. The van der Waals surface area contributed by atoms with Crippen LogP contribution < -0.4 is 0 Å². The molecule has 0 spiro atoms. The SMILES string of the molecule is O=C(CCc1cn[nH]c1)N1CCC(CO)(Cc2ccccc2C(F)(F)F)CC1. The van der Waals surface area contributed by atoms with Crippen molar-refractivity contribution in [1.29, 1.82) is 0 Å². The molecule has 0 bridgehead atoms. The van der Waals surface area contributed by atoms with Gasteiger partial charge in [0, 0.05) is 37.7 Å². The van der Waals surface area contributed by atoms with E-state index < -0.39 is 17.2 Å². The Bertz CT molecular complexity index is 782. The number of hydrogen-bond acceptors (Lipinski definition) is 3. The van der Waals surface area contributed by atoms with E-state index in [2.05, 4.69) is 10.2 Å². The van der Waals surface area contributed by atoms with Crippen molar-refractivity contribution < 1.29 is 23.1 Å². The van der Waals surface area contributed by atoms with E-state index in [1.165, 1.54) is 12.1 Å². The largest absolute Gasteiger partial charge is 0.416 e. The zero-order valence-electron chi connectivity index (χ0n) is 15.5. The number of halogens is 3. The van der Waals surface area contributed by atoms with Crippen LogP contribution in [0, 0.1) is 5.41 Å². The van der Waals surface area contributed by atoms with Crippen molar-refractivity contribution in [2.24, 2.45) is 5.41 Å². The van der Waals surface area contributed by atoms with Gasteiger partial charge in [0.05, 0.1) is 11.8 Å². The van der Waals surface area contributed by atoms with Crippen LogP contribution in [-0.4, -0.2) is 45.8 Å². The monoisotopic (exact) mass is 395 g/mol. The van der Waals surface area contributed by atoms with Gasteiger partial charge < -0.3 is 10.0 Å². The summed E-state index contributed by atoms with van der Waals surface area (Å²) in [5.41, 5.74) is -0.132. The molecule has 1 amide bonds. The van der Waals surface area contributed by atoms with Crippen LogP contribution in [0.15, 0.2) is 36.7 Å². The number of nitrogens with one attached hydrogen (secondary N) is 1. The third-order valence-corrected chi connectivity index (χ3v) is 5.58. The van der Waals surface area contributed by atoms with E-state index in [1.54, 1.807) is 23.4 Å². The minimum absolute atomic E-state index is 0.0171. The maximum absolute atomic E-state index is 13.3. The summed E-state index contributed by atoms with van der Waals surface area (Å²) in [6.45, 7) is 0.689. The molecule has 5 nitrogen and oxygen atoms in total. The van der Waals surface area contributed by atoms with Crippen molar-refractivity contribution in [1.82, 2.24) is 15.1 Å². The standard InChI is InChI=1S/C20H24F3N3O2/c21-20(22,23)17-4-2-1-3-16(17)11-19(14-27)7-9-26(10-8-19)18(28)6-5-15-12-24-25-13-15/h1-4,12-13,27H,5-11,14H2,(H,24,25). The molecule has 1 aliphatic heterocycles. The first kappa shape index (κ1) is 20.4. The molecule has 0 radical (unpaired) electrons. The summed E-state index contributed by atoms with van der Waals surface area (Å²) in [6, 6.07) is 5.51. The lowest BCUT2D eigenvalue weighted by molar-refractivity contribution is -0.138. The highest BCUT2D eigenvalue weighted by Crippen LogP contribution is 2.39. The van der Waals surface area contributed by atoms with Crippen molar-refractivity contribution in [3.8, 4) is 0 Å². The Hall–Kier alpha value is -2.35. The molecule has 2 heterocycles. The number of amides is 1. The highest BCUT2D eigenvalue weighted by molar-refractivity contribution is 5.76. The average Bonchev–Trinajstić information content (AvgIpc) is 3.20. The summed E-state index contributed by atoms with van der Waals surface area (Å²) in [7, 11) is 0. The van der Waals surface area contributed by atoms with Crippen LogP contribution in [0.25, 0.3) is 0 Å². The molecule has 0 saturated carbocycles. The summed E-state index contributed by atoms with van der Waals surface area (Å²) >= 11 is 0. The molecular formula is C20H24F3N3O2. The van der Waals surface area contributed by atoms with Crippen molar-refractivity contribution in [2.75, 3.05) is 19.7 Å². The van der Waals surface area contributed by atoms with Gasteiger partial charge in [-0.2, -0.15) is 18.3 Å². The number of benzene rings is 1. The minimum Gasteiger partial charge on any atom is -0.396 e. The lowest BCUT2D eigenvalue weighted by atomic mass is 9.73. The molecule has 0 atom stereocenters. The van der Waals surface area contributed by atoms with Gasteiger partial charge in [-0.3, -0.25) is 9.89 Å². The summed E-state index contributed by atoms with van der Waals surface area (Å²) in [5, 5.41) is 16.5. The van der Waals surface area contributed by atoms with E-state index in [0.717, 1.165) is 11.6 Å². The second-order valence-electron chi connectivity index (χ2n) is 7.48.